The molecule has 0 saturated carbocycles. The number of aryl methyl sites for hydroxylation is 1. The number of sulfonamides is 1. The molecule has 0 radical (unpaired) electrons. The number of thiazole rings is 1. The Morgan fingerprint density at radius 2 is 2.19 bits per heavy atom. The molecule has 2 heterocycles. The molecule has 11 heteroatoms. The van der Waals surface area contributed by atoms with Crippen molar-refractivity contribution in [3.8, 4) is 0 Å². The molecule has 0 bridgehead atoms. The summed E-state index contributed by atoms with van der Waals surface area (Å²) in [5.74, 6) is -0.0397. The fourth-order valence-corrected chi connectivity index (χ4v) is 4.15. The summed E-state index contributed by atoms with van der Waals surface area (Å²) in [7, 11) is -3.83. The lowest BCUT2D eigenvalue weighted by atomic mass is 10.3. The van der Waals surface area contributed by atoms with E-state index in [1.54, 1.807) is 17.6 Å². The number of fused-ring (bicyclic) bond motifs is 1. The van der Waals surface area contributed by atoms with Crippen LogP contribution in [0, 0.1) is 6.92 Å². The van der Waals surface area contributed by atoms with Crippen molar-refractivity contribution in [2.24, 2.45) is 10.1 Å². The molecule has 27 heavy (non-hydrogen) atoms. The Balaban J connectivity index is 2.12. The van der Waals surface area contributed by atoms with Crippen LogP contribution in [0.5, 0.6) is 0 Å². The number of aromatic nitrogens is 2. The van der Waals surface area contributed by atoms with Crippen LogP contribution in [0.25, 0.3) is 10.2 Å². The molecule has 0 unspecified atom stereocenters. The zero-order valence-electron chi connectivity index (χ0n) is 14.7. The van der Waals surface area contributed by atoms with Gasteiger partial charge in [-0.25, -0.2) is 13.6 Å². The highest BCUT2D eigenvalue weighted by molar-refractivity contribution is 7.89. The van der Waals surface area contributed by atoms with Gasteiger partial charge in [0.25, 0.3) is 0 Å². The third-order valence-corrected chi connectivity index (χ3v) is 5.64. The van der Waals surface area contributed by atoms with Crippen LogP contribution >= 0.6 is 11.3 Å². The molecule has 0 saturated heterocycles. The number of nitrogens with zero attached hydrogens (tertiary/aromatic N) is 3. The van der Waals surface area contributed by atoms with Crippen molar-refractivity contribution in [1.29, 1.82) is 0 Å². The van der Waals surface area contributed by atoms with E-state index in [2.05, 4.69) is 10.1 Å². The van der Waals surface area contributed by atoms with Gasteiger partial charge in [0.1, 0.15) is 5.76 Å². The first kappa shape index (κ1) is 19.4. The van der Waals surface area contributed by atoms with E-state index in [4.69, 9.17) is 14.4 Å². The lowest BCUT2D eigenvalue weighted by Gasteiger charge is -2.05. The zero-order valence-corrected chi connectivity index (χ0v) is 16.3. The number of nitrogens with two attached hydrogens (primary N) is 1. The summed E-state index contributed by atoms with van der Waals surface area (Å²) in [5.41, 5.74) is 0.835. The van der Waals surface area contributed by atoms with Crippen LogP contribution in [0.3, 0.4) is 0 Å². The smallest absolute Gasteiger partial charge is 0.301 e. The molecule has 3 aromatic rings. The largest absolute Gasteiger partial charge is 0.380 e. The second kappa shape index (κ2) is 7.72. The summed E-state index contributed by atoms with van der Waals surface area (Å²) in [6, 6.07) is 6.04. The average molecular weight is 410 g/mol. The lowest BCUT2D eigenvalue weighted by molar-refractivity contribution is 0.0988. The third kappa shape index (κ3) is 4.33. The fraction of sp³-hybridized carbons (Fsp3) is 0.312. The molecule has 0 aliphatic rings. The SMILES string of the molecule is CCOCCn1c(=NC(=O)c2cc(C)on2)sc2cc(S(N)(=O)=O)ccc21. The minimum Gasteiger partial charge on any atom is -0.380 e. The van der Waals surface area contributed by atoms with E-state index >= 15 is 0 Å². The number of benzene rings is 1. The van der Waals surface area contributed by atoms with E-state index in [1.165, 1.54) is 29.5 Å². The van der Waals surface area contributed by atoms with Gasteiger partial charge in [-0.1, -0.05) is 16.5 Å². The lowest BCUT2D eigenvalue weighted by Crippen LogP contribution is -2.20. The highest BCUT2D eigenvalue weighted by Crippen LogP contribution is 2.21. The standard InChI is InChI=1S/C16H18N4O5S2/c1-3-24-7-6-20-13-5-4-11(27(17,22)23)9-14(13)26-16(20)18-15(21)12-8-10(2)25-19-12/h4-5,8-9H,3,6-7H2,1-2H3,(H2,17,22,23). The molecule has 2 N–H and O–H groups in total. The number of amides is 1. The van der Waals surface area contributed by atoms with Crippen molar-refractivity contribution in [3.63, 3.8) is 0 Å². The molecule has 1 amide bonds. The predicted molar refractivity (Wildman–Crippen MR) is 98.8 cm³/mol. The van der Waals surface area contributed by atoms with Gasteiger partial charge >= 0.3 is 5.91 Å². The Hall–Kier alpha value is -2.34. The Kier molecular flexibility index (Phi) is 5.56. The number of rotatable bonds is 6. The average Bonchev–Trinajstić information content (AvgIpc) is 3.18. The van der Waals surface area contributed by atoms with Crippen LogP contribution in [0.4, 0.5) is 0 Å². The quantitative estimate of drug-likeness (QED) is 0.612. The molecule has 3 rings (SSSR count). The van der Waals surface area contributed by atoms with Gasteiger partial charge in [-0.05, 0) is 32.0 Å². The van der Waals surface area contributed by atoms with Crippen molar-refractivity contribution < 1.29 is 22.5 Å². The second-order valence-corrected chi connectivity index (χ2v) is 8.22. The number of primary sulfonamides is 1. The fourth-order valence-electron chi connectivity index (χ4n) is 2.44. The van der Waals surface area contributed by atoms with E-state index in [1.807, 2.05) is 6.92 Å². The number of carbonyl (C=O) groups excluding carboxylic acids is 1. The van der Waals surface area contributed by atoms with E-state index in [0.29, 0.717) is 35.0 Å². The number of hydrogen-bond donors (Lipinski definition) is 1. The second-order valence-electron chi connectivity index (χ2n) is 5.65. The summed E-state index contributed by atoms with van der Waals surface area (Å²) in [5, 5.41) is 8.88. The van der Waals surface area contributed by atoms with Crippen LogP contribution < -0.4 is 9.94 Å². The normalized spacial score (nSPS) is 12.8. The number of hydrogen-bond acceptors (Lipinski definition) is 7. The van der Waals surface area contributed by atoms with Crippen molar-refractivity contribution in [2.45, 2.75) is 25.3 Å². The monoisotopic (exact) mass is 410 g/mol. The summed E-state index contributed by atoms with van der Waals surface area (Å²) >= 11 is 1.18. The van der Waals surface area contributed by atoms with E-state index in [0.717, 1.165) is 5.52 Å². The molecular formula is C16H18N4O5S2. The molecule has 2 aromatic heterocycles. The van der Waals surface area contributed by atoms with Gasteiger partial charge in [-0.15, -0.1) is 0 Å². The van der Waals surface area contributed by atoms with Crippen LogP contribution in [0.1, 0.15) is 23.2 Å². The molecule has 0 atom stereocenters. The molecule has 144 valence electrons. The van der Waals surface area contributed by atoms with E-state index in [9.17, 15) is 13.2 Å². The van der Waals surface area contributed by atoms with Gasteiger partial charge in [-0.3, -0.25) is 4.79 Å². The summed E-state index contributed by atoms with van der Waals surface area (Å²) in [4.78, 5) is 16.9. The van der Waals surface area contributed by atoms with Gasteiger partial charge in [0, 0.05) is 19.2 Å². The Labute approximate surface area is 159 Å². The Morgan fingerprint density at radius 1 is 1.41 bits per heavy atom. The van der Waals surface area contributed by atoms with Crippen LogP contribution in [-0.4, -0.2) is 37.3 Å². The van der Waals surface area contributed by atoms with Crippen molar-refractivity contribution >= 4 is 37.5 Å². The van der Waals surface area contributed by atoms with Crippen molar-refractivity contribution in [1.82, 2.24) is 9.72 Å². The third-order valence-electron chi connectivity index (χ3n) is 3.69. The Bertz CT molecular complexity index is 1160. The molecular weight excluding hydrogens is 392 g/mol. The van der Waals surface area contributed by atoms with E-state index < -0.39 is 15.9 Å². The minimum absolute atomic E-state index is 0.00166. The van der Waals surface area contributed by atoms with Gasteiger partial charge in [-0.2, -0.15) is 4.99 Å². The predicted octanol–water partition coefficient (Wildman–Crippen LogP) is 1.42. The summed E-state index contributed by atoms with van der Waals surface area (Å²) in [6.07, 6.45) is 0. The number of ether oxygens (including phenoxy) is 1. The maximum absolute atomic E-state index is 12.4. The maximum Gasteiger partial charge on any atom is 0.301 e. The number of carbonyl (C=O) groups is 1. The van der Waals surface area contributed by atoms with E-state index in [-0.39, 0.29) is 10.6 Å². The highest BCUT2D eigenvalue weighted by Gasteiger charge is 2.15. The summed E-state index contributed by atoms with van der Waals surface area (Å²) < 4.78 is 36.0. The minimum atomic E-state index is -3.83. The van der Waals surface area contributed by atoms with Crippen LogP contribution in [0.15, 0.2) is 38.7 Å². The molecule has 0 fully saturated rings. The maximum atomic E-state index is 12.4. The molecule has 0 aliphatic heterocycles. The van der Waals surface area contributed by atoms with Gasteiger partial charge in [0.05, 0.1) is 21.7 Å². The topological polar surface area (TPSA) is 130 Å². The molecule has 1 aromatic carbocycles. The first-order valence-electron chi connectivity index (χ1n) is 8.06. The molecule has 0 spiro atoms. The molecule has 9 nitrogen and oxygen atoms in total. The molecule has 0 aliphatic carbocycles. The van der Waals surface area contributed by atoms with Crippen molar-refractivity contribution in [3.05, 3.63) is 40.5 Å². The first-order valence-corrected chi connectivity index (χ1v) is 10.4. The van der Waals surface area contributed by atoms with Gasteiger partial charge in [0.2, 0.25) is 10.0 Å². The zero-order chi connectivity index (χ0) is 19.6. The van der Waals surface area contributed by atoms with Crippen LogP contribution in [0.2, 0.25) is 0 Å². The Morgan fingerprint density at radius 3 is 2.81 bits per heavy atom. The van der Waals surface area contributed by atoms with Gasteiger partial charge in [0.15, 0.2) is 10.5 Å². The highest BCUT2D eigenvalue weighted by atomic mass is 32.2. The first-order chi connectivity index (χ1) is 12.8. The van der Waals surface area contributed by atoms with Crippen molar-refractivity contribution in [2.75, 3.05) is 13.2 Å². The van der Waals surface area contributed by atoms with Gasteiger partial charge < -0.3 is 13.8 Å². The van der Waals surface area contributed by atoms with Crippen LogP contribution in [-0.2, 0) is 21.3 Å². The summed E-state index contributed by atoms with van der Waals surface area (Å²) in [6.45, 7) is 4.99.